The van der Waals surface area contributed by atoms with E-state index in [9.17, 15) is 17.2 Å². The summed E-state index contributed by atoms with van der Waals surface area (Å²) in [5.74, 6) is -1.88. The van der Waals surface area contributed by atoms with Gasteiger partial charge in [0.25, 0.3) is 0 Å². The van der Waals surface area contributed by atoms with Gasteiger partial charge in [0, 0.05) is 31.4 Å². The van der Waals surface area contributed by atoms with E-state index in [2.05, 4.69) is 5.10 Å². The number of rotatable bonds is 5. The first kappa shape index (κ1) is 17.2. The number of hydrogen-bond acceptors (Lipinski definition) is 3. The van der Waals surface area contributed by atoms with Crippen LogP contribution in [0.4, 0.5) is 8.78 Å². The highest BCUT2D eigenvalue weighted by Crippen LogP contribution is 2.19. The molecule has 8 heteroatoms. The van der Waals surface area contributed by atoms with Crippen LogP contribution in [0.15, 0.2) is 65.8 Å². The number of nitrogens with zero attached hydrogens (tertiary/aromatic N) is 3. The number of sulfonamides is 1. The molecule has 0 aliphatic carbocycles. The van der Waals surface area contributed by atoms with Crippen molar-refractivity contribution >= 4 is 10.0 Å². The number of halogens is 2. The summed E-state index contributed by atoms with van der Waals surface area (Å²) in [5.41, 5.74) is 1.48. The molecule has 0 radical (unpaired) electrons. The van der Waals surface area contributed by atoms with Crippen molar-refractivity contribution in [3.8, 4) is 5.69 Å². The zero-order valence-corrected chi connectivity index (χ0v) is 14.1. The highest BCUT2D eigenvalue weighted by molar-refractivity contribution is 7.89. The van der Waals surface area contributed by atoms with Crippen molar-refractivity contribution < 1.29 is 17.2 Å². The molecule has 0 spiro atoms. The van der Waals surface area contributed by atoms with Crippen LogP contribution >= 0.6 is 0 Å². The summed E-state index contributed by atoms with van der Waals surface area (Å²) >= 11 is 0. The minimum Gasteiger partial charge on any atom is -0.241 e. The fraction of sp³-hybridized carbons (Fsp3) is 0.118. The molecular formula is C17H15F2N3O2S. The highest BCUT2D eigenvalue weighted by Gasteiger charge is 2.23. The Morgan fingerprint density at radius 2 is 1.72 bits per heavy atom. The molecule has 130 valence electrons. The topological polar surface area (TPSA) is 55.2 Å². The minimum absolute atomic E-state index is 0.0211. The standard InChI is InChI=1S/C17H15F2N3O2S/c1-21(25(23,24)17-8-14(18)7-15(19)9-17)11-13-10-20-22(12-13)16-5-3-2-4-6-16/h2-10,12H,11H2,1H3. The van der Waals surface area contributed by atoms with Crippen molar-refractivity contribution in [3.05, 3.63) is 78.1 Å². The van der Waals surface area contributed by atoms with Crippen molar-refractivity contribution in [3.63, 3.8) is 0 Å². The Morgan fingerprint density at radius 1 is 1.08 bits per heavy atom. The van der Waals surface area contributed by atoms with Gasteiger partial charge in [-0.05, 0) is 24.3 Å². The molecule has 1 heterocycles. The van der Waals surface area contributed by atoms with Crippen molar-refractivity contribution in [2.24, 2.45) is 0 Å². The van der Waals surface area contributed by atoms with Crippen LogP contribution in [0.5, 0.6) is 0 Å². The fourth-order valence-corrected chi connectivity index (χ4v) is 3.57. The summed E-state index contributed by atoms with van der Waals surface area (Å²) in [4.78, 5) is -0.428. The van der Waals surface area contributed by atoms with Gasteiger partial charge in [0.15, 0.2) is 0 Å². The summed E-state index contributed by atoms with van der Waals surface area (Å²) < 4.78 is 54.2. The Hall–Kier alpha value is -2.58. The Balaban J connectivity index is 1.82. The molecule has 0 N–H and O–H groups in total. The van der Waals surface area contributed by atoms with Crippen molar-refractivity contribution in [1.29, 1.82) is 0 Å². The van der Waals surface area contributed by atoms with Crippen LogP contribution in [-0.2, 0) is 16.6 Å². The van der Waals surface area contributed by atoms with Crippen LogP contribution in [0.1, 0.15) is 5.56 Å². The second-order valence-corrected chi connectivity index (χ2v) is 7.54. The first-order chi connectivity index (χ1) is 11.9. The zero-order valence-electron chi connectivity index (χ0n) is 13.3. The molecule has 0 aliphatic rings. The van der Waals surface area contributed by atoms with E-state index in [0.717, 1.165) is 22.1 Å². The third kappa shape index (κ3) is 3.75. The van der Waals surface area contributed by atoms with E-state index in [1.807, 2.05) is 30.3 Å². The number of aromatic nitrogens is 2. The van der Waals surface area contributed by atoms with Crippen molar-refractivity contribution in [1.82, 2.24) is 14.1 Å². The van der Waals surface area contributed by atoms with Gasteiger partial charge in [-0.1, -0.05) is 18.2 Å². The van der Waals surface area contributed by atoms with E-state index in [0.29, 0.717) is 11.6 Å². The third-order valence-electron chi connectivity index (χ3n) is 3.61. The predicted molar refractivity (Wildman–Crippen MR) is 88.6 cm³/mol. The second-order valence-electron chi connectivity index (χ2n) is 5.49. The Morgan fingerprint density at radius 3 is 2.36 bits per heavy atom. The molecule has 0 amide bonds. The molecule has 2 aromatic carbocycles. The van der Waals surface area contributed by atoms with Gasteiger partial charge in [0.2, 0.25) is 10.0 Å². The van der Waals surface area contributed by atoms with Crippen LogP contribution < -0.4 is 0 Å². The molecule has 0 atom stereocenters. The zero-order chi connectivity index (χ0) is 18.0. The summed E-state index contributed by atoms with van der Waals surface area (Å²) in [7, 11) is -2.68. The maximum absolute atomic E-state index is 13.3. The van der Waals surface area contributed by atoms with Crippen LogP contribution in [0.2, 0.25) is 0 Å². The maximum atomic E-state index is 13.3. The van der Waals surface area contributed by atoms with E-state index >= 15 is 0 Å². The van der Waals surface area contributed by atoms with Gasteiger partial charge < -0.3 is 0 Å². The van der Waals surface area contributed by atoms with E-state index in [1.165, 1.54) is 7.05 Å². The van der Waals surface area contributed by atoms with E-state index in [1.54, 1.807) is 17.1 Å². The van der Waals surface area contributed by atoms with E-state index in [-0.39, 0.29) is 6.54 Å². The summed E-state index contributed by atoms with van der Waals surface area (Å²) in [6.07, 6.45) is 3.25. The van der Waals surface area contributed by atoms with Gasteiger partial charge in [0.05, 0.1) is 16.8 Å². The summed E-state index contributed by atoms with van der Waals surface area (Å²) in [6.45, 7) is 0.0211. The van der Waals surface area contributed by atoms with Gasteiger partial charge in [-0.3, -0.25) is 0 Å². The molecule has 0 unspecified atom stereocenters. The quantitative estimate of drug-likeness (QED) is 0.700. The van der Waals surface area contributed by atoms with Gasteiger partial charge in [-0.2, -0.15) is 9.40 Å². The van der Waals surface area contributed by atoms with Crippen LogP contribution in [0.25, 0.3) is 5.69 Å². The smallest absolute Gasteiger partial charge is 0.241 e. The number of para-hydroxylation sites is 1. The molecule has 0 aliphatic heterocycles. The Bertz CT molecular complexity index is 968. The minimum atomic E-state index is -4.02. The first-order valence-corrected chi connectivity index (χ1v) is 8.82. The van der Waals surface area contributed by atoms with Crippen molar-refractivity contribution in [2.45, 2.75) is 11.4 Å². The van der Waals surface area contributed by atoms with Gasteiger partial charge in [0.1, 0.15) is 11.6 Å². The molecule has 25 heavy (non-hydrogen) atoms. The molecule has 0 saturated carbocycles. The van der Waals surface area contributed by atoms with Crippen LogP contribution in [-0.4, -0.2) is 29.6 Å². The van der Waals surface area contributed by atoms with Gasteiger partial charge >= 0.3 is 0 Å². The lowest BCUT2D eigenvalue weighted by atomic mass is 10.3. The second kappa shape index (κ2) is 6.73. The monoisotopic (exact) mass is 363 g/mol. The Labute approximate surface area is 144 Å². The lowest BCUT2D eigenvalue weighted by Gasteiger charge is -2.16. The van der Waals surface area contributed by atoms with Crippen LogP contribution in [0.3, 0.4) is 0 Å². The van der Waals surface area contributed by atoms with Crippen molar-refractivity contribution in [2.75, 3.05) is 7.05 Å². The van der Waals surface area contributed by atoms with E-state index < -0.39 is 26.6 Å². The highest BCUT2D eigenvalue weighted by atomic mass is 32.2. The normalized spacial score (nSPS) is 11.8. The Kier molecular flexibility index (Phi) is 4.65. The lowest BCUT2D eigenvalue weighted by molar-refractivity contribution is 0.464. The number of hydrogen-bond donors (Lipinski definition) is 0. The SMILES string of the molecule is CN(Cc1cnn(-c2ccccc2)c1)S(=O)(=O)c1cc(F)cc(F)c1. The molecule has 3 rings (SSSR count). The molecular weight excluding hydrogens is 348 g/mol. The predicted octanol–water partition coefficient (Wildman–Crippen LogP) is 2.97. The van der Waals surface area contributed by atoms with Gasteiger partial charge in [-0.15, -0.1) is 0 Å². The fourth-order valence-electron chi connectivity index (χ4n) is 2.36. The summed E-state index contributed by atoms with van der Waals surface area (Å²) in [5, 5.41) is 4.20. The summed E-state index contributed by atoms with van der Waals surface area (Å²) in [6, 6.07) is 11.6. The molecule has 1 aromatic heterocycles. The molecule has 0 fully saturated rings. The lowest BCUT2D eigenvalue weighted by Crippen LogP contribution is -2.26. The maximum Gasteiger partial charge on any atom is 0.243 e. The average Bonchev–Trinajstić information content (AvgIpc) is 3.03. The molecule has 5 nitrogen and oxygen atoms in total. The van der Waals surface area contributed by atoms with Gasteiger partial charge in [-0.25, -0.2) is 21.9 Å². The molecule has 3 aromatic rings. The number of benzene rings is 2. The molecule has 0 bridgehead atoms. The van der Waals surface area contributed by atoms with Crippen LogP contribution in [0, 0.1) is 11.6 Å². The third-order valence-corrected chi connectivity index (χ3v) is 5.39. The van der Waals surface area contributed by atoms with E-state index in [4.69, 9.17) is 0 Å². The molecule has 0 saturated heterocycles. The first-order valence-electron chi connectivity index (χ1n) is 7.38. The largest absolute Gasteiger partial charge is 0.243 e. The average molecular weight is 363 g/mol.